The van der Waals surface area contributed by atoms with Crippen LogP contribution in [0.2, 0.25) is 0 Å². The van der Waals surface area contributed by atoms with E-state index in [9.17, 15) is 14.4 Å². The van der Waals surface area contributed by atoms with Crippen LogP contribution < -0.4 is 10.2 Å². The van der Waals surface area contributed by atoms with Crippen LogP contribution >= 0.6 is 0 Å². The fourth-order valence-corrected chi connectivity index (χ4v) is 4.91. The number of nitrogens with zero attached hydrogens (tertiary/aromatic N) is 3. The number of benzene rings is 2. The molecule has 2 saturated heterocycles. The van der Waals surface area contributed by atoms with Crippen LogP contribution in [0.1, 0.15) is 24.8 Å². The first-order valence-corrected chi connectivity index (χ1v) is 12.8. The lowest BCUT2D eigenvalue weighted by atomic mass is 9.97. The highest BCUT2D eigenvalue weighted by Gasteiger charge is 2.30. The fraction of sp³-hybridized carbons (Fsp3) is 0.464. The van der Waals surface area contributed by atoms with E-state index in [-0.39, 0.29) is 30.4 Å². The zero-order valence-electron chi connectivity index (χ0n) is 21.0. The Balaban J connectivity index is 1.11. The standard InChI is InChI=1S/C28H36N4O4/c1-30(19-22-8-4-2-5-9-22)28(35)31-16-13-24(14-17-31)27(34)36-21-26(33)29-18-23-12-15-32(20-23)25-10-6-3-7-11-25/h2-11,23-24H,12-21H2,1H3,(H,29,33). The van der Waals surface area contributed by atoms with Crippen molar-refractivity contribution in [1.29, 1.82) is 0 Å². The van der Waals surface area contributed by atoms with Crippen LogP contribution in [0.3, 0.4) is 0 Å². The Morgan fingerprint density at radius 2 is 1.61 bits per heavy atom. The average molecular weight is 493 g/mol. The van der Waals surface area contributed by atoms with Crippen molar-refractivity contribution < 1.29 is 19.1 Å². The van der Waals surface area contributed by atoms with Gasteiger partial charge in [-0.25, -0.2) is 4.79 Å². The highest BCUT2D eigenvalue weighted by Crippen LogP contribution is 2.23. The molecule has 0 aromatic heterocycles. The summed E-state index contributed by atoms with van der Waals surface area (Å²) in [7, 11) is 1.79. The number of rotatable bonds is 8. The molecule has 1 N–H and O–H groups in total. The number of para-hydroxylation sites is 1. The first-order chi connectivity index (χ1) is 17.5. The van der Waals surface area contributed by atoms with Crippen LogP contribution in [0.15, 0.2) is 60.7 Å². The third kappa shape index (κ3) is 6.99. The van der Waals surface area contributed by atoms with Gasteiger partial charge in [-0.2, -0.15) is 0 Å². The minimum atomic E-state index is -0.356. The van der Waals surface area contributed by atoms with E-state index < -0.39 is 0 Å². The molecule has 2 aromatic carbocycles. The lowest BCUT2D eigenvalue weighted by Gasteiger charge is -2.33. The topological polar surface area (TPSA) is 82.2 Å². The minimum absolute atomic E-state index is 0.0391. The van der Waals surface area contributed by atoms with Gasteiger partial charge in [0.1, 0.15) is 0 Å². The van der Waals surface area contributed by atoms with Gasteiger partial charge in [0, 0.05) is 52.0 Å². The Kier molecular flexibility index (Phi) is 8.81. The molecule has 2 aliphatic heterocycles. The Morgan fingerprint density at radius 3 is 2.31 bits per heavy atom. The van der Waals surface area contributed by atoms with E-state index in [2.05, 4.69) is 22.3 Å². The maximum absolute atomic E-state index is 12.8. The number of hydrogen-bond acceptors (Lipinski definition) is 5. The summed E-state index contributed by atoms with van der Waals surface area (Å²) in [5, 5.41) is 2.91. The van der Waals surface area contributed by atoms with Gasteiger partial charge in [0.25, 0.3) is 5.91 Å². The zero-order valence-corrected chi connectivity index (χ0v) is 21.0. The van der Waals surface area contributed by atoms with Crippen LogP contribution in [0.4, 0.5) is 10.5 Å². The van der Waals surface area contributed by atoms with Crippen molar-refractivity contribution in [3.63, 3.8) is 0 Å². The van der Waals surface area contributed by atoms with Crippen molar-refractivity contribution >= 4 is 23.6 Å². The maximum atomic E-state index is 12.8. The number of amides is 3. The van der Waals surface area contributed by atoms with E-state index in [4.69, 9.17) is 4.74 Å². The summed E-state index contributed by atoms with van der Waals surface area (Å²) in [5.74, 6) is -0.523. The highest BCUT2D eigenvalue weighted by atomic mass is 16.5. The van der Waals surface area contributed by atoms with Gasteiger partial charge in [0.2, 0.25) is 0 Å². The molecular formula is C28H36N4O4. The molecule has 2 aliphatic rings. The minimum Gasteiger partial charge on any atom is -0.455 e. The van der Waals surface area contributed by atoms with Crippen molar-refractivity contribution in [2.75, 3.05) is 51.3 Å². The van der Waals surface area contributed by atoms with E-state index in [0.29, 0.717) is 44.9 Å². The zero-order chi connectivity index (χ0) is 25.3. The summed E-state index contributed by atoms with van der Waals surface area (Å²) < 4.78 is 5.30. The van der Waals surface area contributed by atoms with E-state index in [1.54, 1.807) is 16.8 Å². The number of anilines is 1. The first-order valence-electron chi connectivity index (χ1n) is 12.8. The summed E-state index contributed by atoms with van der Waals surface area (Å²) in [5.41, 5.74) is 2.28. The van der Waals surface area contributed by atoms with E-state index in [0.717, 1.165) is 25.1 Å². The summed E-state index contributed by atoms with van der Waals surface area (Å²) >= 11 is 0. The maximum Gasteiger partial charge on any atom is 0.320 e. The molecule has 2 aromatic rings. The van der Waals surface area contributed by atoms with Crippen molar-refractivity contribution in [1.82, 2.24) is 15.1 Å². The lowest BCUT2D eigenvalue weighted by molar-refractivity contribution is -0.153. The molecule has 8 nitrogen and oxygen atoms in total. The third-order valence-electron chi connectivity index (χ3n) is 7.03. The van der Waals surface area contributed by atoms with Gasteiger partial charge in [-0.1, -0.05) is 48.5 Å². The van der Waals surface area contributed by atoms with Gasteiger partial charge in [0.05, 0.1) is 5.92 Å². The molecule has 2 fully saturated rings. The van der Waals surface area contributed by atoms with Crippen LogP contribution in [0, 0.1) is 11.8 Å². The predicted octanol–water partition coefficient (Wildman–Crippen LogP) is 3.14. The molecule has 192 valence electrons. The summed E-state index contributed by atoms with van der Waals surface area (Å²) in [6.07, 6.45) is 2.11. The van der Waals surface area contributed by atoms with Gasteiger partial charge in [0.15, 0.2) is 6.61 Å². The number of ether oxygens (including phenoxy) is 1. The normalized spacial score (nSPS) is 18.1. The molecule has 0 aliphatic carbocycles. The molecule has 0 bridgehead atoms. The van der Waals surface area contributed by atoms with Crippen LogP contribution in [0.5, 0.6) is 0 Å². The van der Waals surface area contributed by atoms with E-state index >= 15 is 0 Å². The van der Waals surface area contributed by atoms with E-state index in [1.807, 2.05) is 48.5 Å². The van der Waals surface area contributed by atoms with Crippen molar-refractivity contribution in [2.24, 2.45) is 11.8 Å². The summed E-state index contributed by atoms with van der Waals surface area (Å²) in [6.45, 7) is 3.75. The molecule has 4 rings (SSSR count). The number of carbonyl (C=O) groups excluding carboxylic acids is 3. The molecule has 1 atom stereocenters. The Hall–Kier alpha value is -3.55. The highest BCUT2D eigenvalue weighted by molar-refractivity contribution is 5.81. The van der Waals surface area contributed by atoms with Crippen LogP contribution in [-0.4, -0.2) is 74.1 Å². The number of esters is 1. The molecule has 0 saturated carbocycles. The molecular weight excluding hydrogens is 456 g/mol. The number of urea groups is 1. The van der Waals surface area contributed by atoms with Gasteiger partial charge >= 0.3 is 12.0 Å². The van der Waals surface area contributed by atoms with Crippen molar-refractivity contribution in [3.8, 4) is 0 Å². The van der Waals surface area contributed by atoms with Gasteiger partial charge < -0.3 is 24.8 Å². The second-order valence-corrected chi connectivity index (χ2v) is 9.73. The largest absolute Gasteiger partial charge is 0.455 e. The van der Waals surface area contributed by atoms with Gasteiger partial charge in [-0.15, -0.1) is 0 Å². The molecule has 2 heterocycles. The second kappa shape index (κ2) is 12.4. The molecule has 1 unspecified atom stereocenters. The van der Waals surface area contributed by atoms with Crippen molar-refractivity contribution in [2.45, 2.75) is 25.8 Å². The Morgan fingerprint density at radius 1 is 0.944 bits per heavy atom. The number of likely N-dealkylation sites (tertiary alicyclic amines) is 1. The first kappa shape index (κ1) is 25.5. The number of piperidine rings is 1. The SMILES string of the molecule is CN(Cc1ccccc1)C(=O)N1CCC(C(=O)OCC(=O)NCC2CCN(c3ccccc3)C2)CC1. The van der Waals surface area contributed by atoms with Crippen LogP contribution in [0.25, 0.3) is 0 Å². The fourth-order valence-electron chi connectivity index (χ4n) is 4.91. The average Bonchev–Trinajstić information content (AvgIpc) is 3.40. The smallest absolute Gasteiger partial charge is 0.320 e. The molecule has 0 spiro atoms. The van der Waals surface area contributed by atoms with Gasteiger partial charge in [-0.3, -0.25) is 9.59 Å². The predicted molar refractivity (Wildman–Crippen MR) is 138 cm³/mol. The number of hydrogen-bond donors (Lipinski definition) is 1. The monoisotopic (exact) mass is 492 g/mol. The second-order valence-electron chi connectivity index (χ2n) is 9.73. The Labute approximate surface area is 213 Å². The van der Waals surface area contributed by atoms with Crippen molar-refractivity contribution in [3.05, 3.63) is 66.2 Å². The third-order valence-corrected chi connectivity index (χ3v) is 7.03. The molecule has 36 heavy (non-hydrogen) atoms. The summed E-state index contributed by atoms with van der Waals surface area (Å²) in [6, 6.07) is 20.1. The molecule has 8 heteroatoms. The lowest BCUT2D eigenvalue weighted by Crippen LogP contribution is -2.46. The number of carbonyl (C=O) groups is 3. The Bertz CT molecular complexity index is 1010. The van der Waals surface area contributed by atoms with Crippen LogP contribution in [-0.2, 0) is 20.9 Å². The van der Waals surface area contributed by atoms with Gasteiger partial charge in [-0.05, 0) is 42.9 Å². The summed E-state index contributed by atoms with van der Waals surface area (Å²) in [4.78, 5) is 43.3. The quantitative estimate of drug-likeness (QED) is 0.573. The molecule has 3 amide bonds. The van der Waals surface area contributed by atoms with E-state index in [1.165, 1.54) is 5.69 Å². The number of nitrogens with one attached hydrogen (secondary N) is 1. The molecule has 0 radical (unpaired) electrons.